The lowest BCUT2D eigenvalue weighted by Crippen LogP contribution is -2.60. The van der Waals surface area contributed by atoms with Crippen molar-refractivity contribution in [3.8, 4) is 0 Å². The molecule has 152 valence electrons. The SMILES string of the molecule is I.O=S1(=O)CCN(C(=NCCc2ccco2)NC2CC2)CC12CCCCC2. The van der Waals surface area contributed by atoms with Crippen molar-refractivity contribution in [1.82, 2.24) is 10.2 Å². The van der Waals surface area contributed by atoms with E-state index in [9.17, 15) is 8.42 Å². The molecule has 1 aliphatic heterocycles. The summed E-state index contributed by atoms with van der Waals surface area (Å²) in [5.41, 5.74) is 0. The largest absolute Gasteiger partial charge is 0.469 e. The standard InChI is InChI=1S/C19H29N3O3S.HI/c23-26(24)14-12-22(15-19(26)9-2-1-3-10-19)18(21-16-6-7-16)20-11-8-17-5-4-13-25-17;/h4-5,13,16H,1-3,6-12,14-15H2,(H,20,21);1H. The van der Waals surface area contributed by atoms with E-state index in [1.807, 2.05) is 12.1 Å². The number of hydrogen-bond donors (Lipinski definition) is 1. The molecule has 1 spiro atoms. The van der Waals surface area contributed by atoms with E-state index in [0.717, 1.165) is 50.2 Å². The van der Waals surface area contributed by atoms with E-state index in [-0.39, 0.29) is 29.7 Å². The highest BCUT2D eigenvalue weighted by Gasteiger charge is 2.49. The van der Waals surface area contributed by atoms with Gasteiger partial charge in [0.15, 0.2) is 15.8 Å². The average molecular weight is 507 g/mol. The Hall–Kier alpha value is -0.770. The summed E-state index contributed by atoms with van der Waals surface area (Å²) in [7, 11) is -3.02. The van der Waals surface area contributed by atoms with Gasteiger partial charge in [-0.25, -0.2) is 8.42 Å². The summed E-state index contributed by atoms with van der Waals surface area (Å²) in [5.74, 6) is 2.07. The number of rotatable bonds is 4. The molecule has 0 unspecified atom stereocenters. The number of sulfone groups is 1. The lowest BCUT2D eigenvalue weighted by molar-refractivity contribution is 0.273. The summed E-state index contributed by atoms with van der Waals surface area (Å²) in [6.45, 7) is 1.79. The van der Waals surface area contributed by atoms with Gasteiger partial charge >= 0.3 is 0 Å². The predicted molar refractivity (Wildman–Crippen MR) is 117 cm³/mol. The Bertz CT molecular complexity index is 738. The first-order chi connectivity index (χ1) is 12.6. The molecule has 1 saturated heterocycles. The van der Waals surface area contributed by atoms with Crippen molar-refractivity contribution in [3.05, 3.63) is 24.2 Å². The second kappa shape index (κ2) is 8.71. The maximum absolute atomic E-state index is 12.8. The first-order valence-corrected chi connectivity index (χ1v) is 11.5. The fourth-order valence-electron chi connectivity index (χ4n) is 4.19. The number of nitrogens with zero attached hydrogens (tertiary/aromatic N) is 2. The summed E-state index contributed by atoms with van der Waals surface area (Å²) in [6, 6.07) is 4.36. The van der Waals surface area contributed by atoms with Crippen LogP contribution in [0, 0.1) is 0 Å². The molecule has 0 aromatic carbocycles. The Kier molecular flexibility index (Phi) is 6.76. The smallest absolute Gasteiger partial charge is 0.194 e. The second-order valence-electron chi connectivity index (χ2n) is 7.94. The maximum Gasteiger partial charge on any atom is 0.194 e. The summed E-state index contributed by atoms with van der Waals surface area (Å²) in [6.07, 6.45) is 9.60. The van der Waals surface area contributed by atoms with Gasteiger partial charge in [0.2, 0.25) is 0 Å². The number of halogens is 1. The Morgan fingerprint density at radius 3 is 2.74 bits per heavy atom. The molecule has 2 heterocycles. The molecule has 0 amide bonds. The van der Waals surface area contributed by atoms with E-state index in [1.165, 1.54) is 12.8 Å². The maximum atomic E-state index is 12.8. The van der Waals surface area contributed by atoms with E-state index in [4.69, 9.17) is 9.41 Å². The van der Waals surface area contributed by atoms with Crippen molar-refractivity contribution >= 4 is 39.8 Å². The topological polar surface area (TPSA) is 74.9 Å². The zero-order chi connectivity index (χ0) is 18.0. The molecule has 6 nitrogen and oxygen atoms in total. The average Bonchev–Trinajstić information content (AvgIpc) is 3.30. The molecule has 1 aromatic rings. The zero-order valence-corrected chi connectivity index (χ0v) is 18.9. The summed E-state index contributed by atoms with van der Waals surface area (Å²) >= 11 is 0. The van der Waals surface area contributed by atoms with E-state index in [0.29, 0.717) is 25.7 Å². The molecule has 1 aromatic heterocycles. The Balaban J connectivity index is 0.00000210. The van der Waals surface area contributed by atoms with Crippen molar-refractivity contribution in [3.63, 3.8) is 0 Å². The molecular weight excluding hydrogens is 477 g/mol. The molecular formula is C19H30IN3O3S. The predicted octanol–water partition coefficient (Wildman–Crippen LogP) is 2.98. The van der Waals surface area contributed by atoms with E-state index in [1.54, 1.807) is 6.26 Å². The third-order valence-electron chi connectivity index (χ3n) is 5.94. The molecule has 27 heavy (non-hydrogen) atoms. The van der Waals surface area contributed by atoms with Gasteiger partial charge in [0.25, 0.3) is 0 Å². The fourth-order valence-corrected chi connectivity index (χ4v) is 6.35. The molecule has 4 rings (SSSR count). The van der Waals surface area contributed by atoms with E-state index >= 15 is 0 Å². The van der Waals surface area contributed by atoms with Crippen LogP contribution in [0.4, 0.5) is 0 Å². The summed E-state index contributed by atoms with van der Waals surface area (Å²) in [5, 5.41) is 3.54. The Labute approximate surface area is 179 Å². The summed E-state index contributed by atoms with van der Waals surface area (Å²) in [4.78, 5) is 7.01. The van der Waals surface area contributed by atoms with Gasteiger partial charge < -0.3 is 14.6 Å². The summed E-state index contributed by atoms with van der Waals surface area (Å²) < 4.78 is 30.5. The van der Waals surface area contributed by atoms with Crippen molar-refractivity contribution in [2.45, 2.75) is 62.2 Å². The van der Waals surface area contributed by atoms with Crippen LogP contribution in [0.25, 0.3) is 0 Å². The van der Waals surface area contributed by atoms with Crippen LogP contribution in [0.15, 0.2) is 27.8 Å². The Morgan fingerprint density at radius 2 is 2.07 bits per heavy atom. The fraction of sp³-hybridized carbons (Fsp3) is 0.737. The highest BCUT2D eigenvalue weighted by molar-refractivity contribution is 14.0. The number of guanidine groups is 1. The molecule has 8 heteroatoms. The van der Waals surface area contributed by atoms with Gasteiger partial charge in [-0.2, -0.15) is 0 Å². The van der Waals surface area contributed by atoms with E-state index in [2.05, 4.69) is 10.2 Å². The third-order valence-corrected chi connectivity index (χ3v) is 8.52. The van der Waals surface area contributed by atoms with Crippen LogP contribution >= 0.6 is 24.0 Å². The van der Waals surface area contributed by atoms with Gasteiger partial charge in [-0.15, -0.1) is 24.0 Å². The zero-order valence-electron chi connectivity index (χ0n) is 15.7. The minimum atomic E-state index is -3.02. The van der Waals surface area contributed by atoms with Crippen LogP contribution in [-0.4, -0.2) is 55.5 Å². The van der Waals surface area contributed by atoms with Crippen LogP contribution in [0.1, 0.15) is 50.7 Å². The Morgan fingerprint density at radius 1 is 1.30 bits per heavy atom. The van der Waals surface area contributed by atoms with Crippen LogP contribution in [0.5, 0.6) is 0 Å². The van der Waals surface area contributed by atoms with Crippen molar-refractivity contribution in [1.29, 1.82) is 0 Å². The lowest BCUT2D eigenvalue weighted by Gasteiger charge is -2.45. The van der Waals surface area contributed by atoms with E-state index < -0.39 is 14.6 Å². The third kappa shape index (κ3) is 4.81. The number of furan rings is 1. The van der Waals surface area contributed by atoms with Gasteiger partial charge in [-0.1, -0.05) is 19.3 Å². The van der Waals surface area contributed by atoms with Gasteiger partial charge in [0, 0.05) is 32.1 Å². The van der Waals surface area contributed by atoms with Crippen molar-refractivity contribution in [2.75, 3.05) is 25.4 Å². The minimum Gasteiger partial charge on any atom is -0.469 e. The molecule has 2 saturated carbocycles. The quantitative estimate of drug-likeness (QED) is 0.386. The van der Waals surface area contributed by atoms with Crippen LogP contribution < -0.4 is 5.32 Å². The second-order valence-corrected chi connectivity index (χ2v) is 10.4. The number of nitrogens with one attached hydrogen (secondary N) is 1. The molecule has 0 radical (unpaired) electrons. The lowest BCUT2D eigenvalue weighted by atomic mass is 9.87. The van der Waals surface area contributed by atoms with Gasteiger partial charge in [-0.05, 0) is 37.8 Å². The van der Waals surface area contributed by atoms with Crippen LogP contribution in [-0.2, 0) is 16.3 Å². The van der Waals surface area contributed by atoms with Crippen LogP contribution in [0.3, 0.4) is 0 Å². The highest BCUT2D eigenvalue weighted by Crippen LogP contribution is 2.38. The van der Waals surface area contributed by atoms with Crippen LogP contribution in [0.2, 0.25) is 0 Å². The highest BCUT2D eigenvalue weighted by atomic mass is 127. The first kappa shape index (κ1) is 21.0. The van der Waals surface area contributed by atoms with Gasteiger partial charge in [0.05, 0.1) is 16.8 Å². The molecule has 2 aliphatic carbocycles. The molecule has 0 atom stereocenters. The number of hydrogen-bond acceptors (Lipinski definition) is 4. The van der Waals surface area contributed by atoms with Crippen molar-refractivity contribution < 1.29 is 12.8 Å². The molecule has 3 fully saturated rings. The van der Waals surface area contributed by atoms with Gasteiger partial charge in [-0.3, -0.25) is 4.99 Å². The molecule has 3 aliphatic rings. The molecule has 1 N–H and O–H groups in total. The normalized spacial score (nSPS) is 24.4. The number of aliphatic imine (C=N–C) groups is 1. The first-order valence-electron chi connectivity index (χ1n) is 9.89. The molecule has 0 bridgehead atoms. The monoisotopic (exact) mass is 507 g/mol. The van der Waals surface area contributed by atoms with Gasteiger partial charge in [0.1, 0.15) is 5.76 Å². The minimum absolute atomic E-state index is 0. The van der Waals surface area contributed by atoms with Crippen molar-refractivity contribution in [2.24, 2.45) is 4.99 Å².